The van der Waals surface area contributed by atoms with Crippen LogP contribution in [0, 0.1) is 0 Å². The number of hydrogen-bond donors (Lipinski definition) is 0. The van der Waals surface area contributed by atoms with Gasteiger partial charge in [-0.1, -0.05) is 6.92 Å². The maximum atomic E-state index is 10.8. The first-order valence-electron chi connectivity index (χ1n) is 3.78. The van der Waals surface area contributed by atoms with Crippen molar-refractivity contribution < 1.29 is 4.79 Å². The first-order valence-corrected chi connectivity index (χ1v) is 3.78. The Morgan fingerprint density at radius 2 is 2.00 bits per heavy atom. The molecule has 0 heterocycles. The Bertz CT molecular complexity index is 161. The molecule has 3 heteroatoms. The molecule has 64 valence electrons. The van der Waals surface area contributed by atoms with E-state index in [-0.39, 0.29) is 5.78 Å². The first-order chi connectivity index (χ1) is 5.07. The highest BCUT2D eigenvalue weighted by Crippen LogP contribution is 1.86. The second kappa shape index (κ2) is 4.88. The summed E-state index contributed by atoms with van der Waals surface area (Å²) in [5.41, 5.74) is 0. The van der Waals surface area contributed by atoms with Gasteiger partial charge in [0.1, 0.15) is 0 Å². The van der Waals surface area contributed by atoms with Gasteiger partial charge in [-0.2, -0.15) is 0 Å². The van der Waals surface area contributed by atoms with Gasteiger partial charge in [0, 0.05) is 20.5 Å². The van der Waals surface area contributed by atoms with Gasteiger partial charge in [-0.05, 0) is 6.92 Å². The van der Waals surface area contributed by atoms with Crippen LogP contribution < -0.4 is 0 Å². The van der Waals surface area contributed by atoms with Crippen molar-refractivity contribution in [3.8, 4) is 0 Å². The summed E-state index contributed by atoms with van der Waals surface area (Å²) in [6, 6.07) is 0. The summed E-state index contributed by atoms with van der Waals surface area (Å²) < 4.78 is 0. The fourth-order valence-corrected chi connectivity index (χ4v) is 0.456. The van der Waals surface area contributed by atoms with E-state index >= 15 is 0 Å². The number of ketones is 1. The van der Waals surface area contributed by atoms with Gasteiger partial charge in [-0.15, -0.1) is 0 Å². The molecule has 0 aromatic heterocycles. The summed E-state index contributed by atoms with van der Waals surface area (Å²) in [7, 11) is 3.82. The van der Waals surface area contributed by atoms with Gasteiger partial charge in [-0.25, -0.2) is 0 Å². The van der Waals surface area contributed by atoms with Crippen LogP contribution in [0.2, 0.25) is 0 Å². The summed E-state index contributed by atoms with van der Waals surface area (Å²) in [5.74, 6) is 1.08. The van der Waals surface area contributed by atoms with Crippen LogP contribution in [0.4, 0.5) is 0 Å². The predicted octanol–water partition coefficient (Wildman–Crippen LogP) is 0.946. The fraction of sp³-hybridized carbons (Fsp3) is 0.750. The second-order valence-electron chi connectivity index (χ2n) is 2.65. The molecule has 0 aromatic carbocycles. The van der Waals surface area contributed by atoms with Crippen molar-refractivity contribution in [1.29, 1.82) is 0 Å². The molecule has 0 rings (SSSR count). The largest absolute Gasteiger partial charge is 0.367 e. The van der Waals surface area contributed by atoms with Crippen molar-refractivity contribution in [2.45, 2.75) is 20.3 Å². The van der Waals surface area contributed by atoms with Crippen molar-refractivity contribution in [2.24, 2.45) is 4.99 Å². The smallest absolute Gasteiger partial charge is 0.154 e. The van der Waals surface area contributed by atoms with Crippen molar-refractivity contribution in [1.82, 2.24) is 4.90 Å². The van der Waals surface area contributed by atoms with Crippen LogP contribution in [0.25, 0.3) is 0 Å². The molecule has 0 saturated heterocycles. The molecule has 0 bridgehead atoms. The van der Waals surface area contributed by atoms with Gasteiger partial charge in [0.2, 0.25) is 0 Å². The molecule has 0 N–H and O–H groups in total. The van der Waals surface area contributed by atoms with E-state index in [0.717, 1.165) is 5.84 Å². The molecule has 0 aliphatic heterocycles. The lowest BCUT2D eigenvalue weighted by atomic mass is 10.3. The molecule has 0 spiro atoms. The number of rotatable bonds is 3. The molecule has 11 heavy (non-hydrogen) atoms. The van der Waals surface area contributed by atoms with Crippen LogP contribution in [0.3, 0.4) is 0 Å². The van der Waals surface area contributed by atoms with Crippen LogP contribution in [0.15, 0.2) is 4.99 Å². The summed E-state index contributed by atoms with van der Waals surface area (Å²) >= 11 is 0. The molecule has 0 saturated carbocycles. The minimum absolute atomic E-state index is 0.186. The van der Waals surface area contributed by atoms with Crippen molar-refractivity contribution in [3.05, 3.63) is 0 Å². The Kier molecular flexibility index (Phi) is 4.50. The highest BCUT2D eigenvalue weighted by atomic mass is 16.1. The quantitative estimate of drug-likeness (QED) is 0.450. The highest BCUT2D eigenvalue weighted by Gasteiger charge is 1.96. The van der Waals surface area contributed by atoms with E-state index < -0.39 is 0 Å². The zero-order chi connectivity index (χ0) is 8.85. The SMILES string of the molecule is CCC(=O)CN=C(C)N(C)C. The molecule has 0 aromatic rings. The number of Topliss-reactive ketones (excluding diaryl/α,β-unsaturated/α-hetero) is 1. The number of nitrogens with zero attached hydrogens (tertiary/aromatic N) is 2. The summed E-state index contributed by atoms with van der Waals surface area (Å²) in [5, 5.41) is 0. The molecule has 0 radical (unpaired) electrons. The van der Waals surface area contributed by atoms with Crippen LogP contribution in [0.1, 0.15) is 20.3 Å². The van der Waals surface area contributed by atoms with Crippen molar-refractivity contribution in [3.63, 3.8) is 0 Å². The van der Waals surface area contributed by atoms with Gasteiger partial charge >= 0.3 is 0 Å². The molecule has 0 fully saturated rings. The van der Waals surface area contributed by atoms with Gasteiger partial charge in [0.05, 0.1) is 12.4 Å². The summed E-state index contributed by atoms with van der Waals surface area (Å²) in [6.07, 6.45) is 0.574. The standard InChI is InChI=1S/C8H16N2O/c1-5-8(11)6-9-7(2)10(3)4/h5-6H2,1-4H3. The van der Waals surface area contributed by atoms with Crippen LogP contribution in [-0.2, 0) is 4.79 Å². The molecule has 0 atom stereocenters. The Morgan fingerprint density at radius 1 is 1.45 bits per heavy atom. The predicted molar refractivity (Wildman–Crippen MR) is 47.0 cm³/mol. The lowest BCUT2D eigenvalue weighted by Crippen LogP contribution is -2.19. The molecular weight excluding hydrogens is 140 g/mol. The third kappa shape index (κ3) is 4.53. The van der Waals surface area contributed by atoms with Gasteiger partial charge in [0.15, 0.2) is 5.78 Å². The minimum Gasteiger partial charge on any atom is -0.367 e. The normalized spacial score (nSPS) is 11.5. The number of amidine groups is 1. The molecule has 3 nitrogen and oxygen atoms in total. The van der Waals surface area contributed by atoms with Gasteiger partial charge in [0.25, 0.3) is 0 Å². The van der Waals surface area contributed by atoms with E-state index in [0.29, 0.717) is 13.0 Å². The van der Waals surface area contributed by atoms with Crippen molar-refractivity contribution >= 4 is 11.6 Å². The van der Waals surface area contributed by atoms with E-state index in [2.05, 4.69) is 4.99 Å². The highest BCUT2D eigenvalue weighted by molar-refractivity contribution is 5.85. The zero-order valence-electron chi connectivity index (χ0n) is 7.72. The van der Waals surface area contributed by atoms with Crippen LogP contribution in [0.5, 0.6) is 0 Å². The summed E-state index contributed by atoms with van der Waals surface area (Å²) in [4.78, 5) is 16.8. The molecule has 0 aliphatic rings. The first kappa shape index (κ1) is 10.1. The minimum atomic E-state index is 0.186. The second-order valence-corrected chi connectivity index (χ2v) is 2.65. The molecular formula is C8H16N2O. The van der Waals surface area contributed by atoms with E-state index in [1.165, 1.54) is 0 Å². The Balaban J connectivity index is 3.82. The molecule has 0 amide bonds. The van der Waals surface area contributed by atoms with E-state index in [9.17, 15) is 4.79 Å². The maximum Gasteiger partial charge on any atom is 0.154 e. The Hall–Kier alpha value is -0.860. The zero-order valence-corrected chi connectivity index (χ0v) is 7.72. The average molecular weight is 156 g/mol. The lowest BCUT2D eigenvalue weighted by Gasteiger charge is -2.10. The van der Waals surface area contributed by atoms with Crippen molar-refractivity contribution in [2.75, 3.05) is 20.6 Å². The number of carbonyl (C=O) groups is 1. The maximum absolute atomic E-state index is 10.8. The topological polar surface area (TPSA) is 32.7 Å². The molecule has 0 aliphatic carbocycles. The van der Waals surface area contributed by atoms with Crippen LogP contribution >= 0.6 is 0 Å². The van der Waals surface area contributed by atoms with Gasteiger partial charge < -0.3 is 4.90 Å². The number of hydrogen-bond acceptors (Lipinski definition) is 2. The lowest BCUT2D eigenvalue weighted by molar-refractivity contribution is -0.117. The number of carbonyl (C=O) groups excluding carboxylic acids is 1. The monoisotopic (exact) mass is 156 g/mol. The van der Waals surface area contributed by atoms with E-state index in [1.54, 1.807) is 0 Å². The third-order valence-corrected chi connectivity index (χ3v) is 1.53. The Morgan fingerprint density at radius 3 is 2.36 bits per heavy atom. The van der Waals surface area contributed by atoms with Crippen LogP contribution in [-0.4, -0.2) is 37.2 Å². The third-order valence-electron chi connectivity index (χ3n) is 1.53. The average Bonchev–Trinajstić information content (AvgIpc) is 1.99. The van der Waals surface area contributed by atoms with Gasteiger partial charge in [-0.3, -0.25) is 9.79 Å². The summed E-state index contributed by atoms with van der Waals surface area (Å²) in [6.45, 7) is 4.06. The van der Waals surface area contributed by atoms with E-state index in [4.69, 9.17) is 0 Å². The fourth-order valence-electron chi connectivity index (χ4n) is 0.456. The Labute approximate surface area is 68.1 Å². The number of aliphatic imine (C=N–C) groups is 1. The molecule has 0 unspecified atom stereocenters. The van der Waals surface area contributed by atoms with E-state index in [1.807, 2.05) is 32.8 Å².